The predicted molar refractivity (Wildman–Crippen MR) is 61.3 cm³/mol. The molecule has 0 radical (unpaired) electrons. The summed E-state index contributed by atoms with van der Waals surface area (Å²) in [7, 11) is 0. The molecule has 82 valence electrons. The predicted octanol–water partition coefficient (Wildman–Crippen LogP) is 3.23. The summed E-state index contributed by atoms with van der Waals surface area (Å²) >= 11 is 0. The number of ether oxygens (including phenoxy) is 1. The van der Waals surface area contributed by atoms with E-state index in [0.29, 0.717) is 6.10 Å². The van der Waals surface area contributed by atoms with Gasteiger partial charge in [0.1, 0.15) is 5.75 Å². The number of nitrogens with zero attached hydrogens (tertiary/aromatic N) is 1. The van der Waals surface area contributed by atoms with Crippen LogP contribution in [0.3, 0.4) is 0 Å². The van der Waals surface area contributed by atoms with Crippen molar-refractivity contribution in [3.05, 3.63) is 23.5 Å². The van der Waals surface area contributed by atoms with Crippen LogP contribution in [-0.2, 0) is 5.41 Å². The third-order valence-electron chi connectivity index (χ3n) is 2.70. The lowest BCUT2D eigenvalue weighted by Gasteiger charge is -2.21. The summed E-state index contributed by atoms with van der Waals surface area (Å²) < 4.78 is 5.75. The summed E-state index contributed by atoms with van der Waals surface area (Å²) in [4.78, 5) is 4.40. The Kier molecular flexibility index (Phi) is 2.45. The maximum Gasteiger partial charge on any atom is 0.138 e. The Morgan fingerprint density at radius 1 is 1.33 bits per heavy atom. The molecule has 1 heterocycles. The lowest BCUT2D eigenvalue weighted by molar-refractivity contribution is 0.301. The molecule has 2 rings (SSSR count). The zero-order valence-electron chi connectivity index (χ0n) is 10.0. The molecule has 0 aliphatic heterocycles. The Morgan fingerprint density at radius 3 is 2.53 bits per heavy atom. The Labute approximate surface area is 91.7 Å². The number of rotatable bonds is 2. The summed E-state index contributed by atoms with van der Waals surface area (Å²) in [5.41, 5.74) is 2.52. The largest absolute Gasteiger partial charge is 0.489 e. The third kappa shape index (κ3) is 2.49. The Balaban J connectivity index is 2.27. The lowest BCUT2D eigenvalue weighted by atomic mass is 9.86. The maximum absolute atomic E-state index is 5.75. The molecule has 0 saturated heterocycles. The van der Waals surface area contributed by atoms with Crippen LogP contribution in [-0.4, -0.2) is 11.1 Å². The first-order chi connectivity index (χ1) is 6.97. The third-order valence-corrected chi connectivity index (χ3v) is 2.70. The monoisotopic (exact) mass is 205 g/mol. The maximum atomic E-state index is 5.75. The van der Waals surface area contributed by atoms with E-state index < -0.39 is 0 Å². The van der Waals surface area contributed by atoms with E-state index in [9.17, 15) is 0 Å². The Hall–Kier alpha value is -1.05. The highest BCUT2D eigenvalue weighted by Crippen LogP contribution is 2.31. The van der Waals surface area contributed by atoms with Gasteiger partial charge < -0.3 is 4.74 Å². The molecule has 0 unspecified atom stereocenters. The van der Waals surface area contributed by atoms with Crippen molar-refractivity contribution in [1.82, 2.24) is 4.98 Å². The summed E-state index contributed by atoms with van der Waals surface area (Å²) in [6.07, 6.45) is 4.67. The van der Waals surface area contributed by atoms with Gasteiger partial charge in [-0.3, -0.25) is 4.98 Å². The summed E-state index contributed by atoms with van der Waals surface area (Å²) in [5, 5.41) is 0. The topological polar surface area (TPSA) is 22.1 Å². The van der Waals surface area contributed by atoms with Gasteiger partial charge in [-0.25, -0.2) is 0 Å². The minimum atomic E-state index is 0.139. The van der Waals surface area contributed by atoms with E-state index >= 15 is 0 Å². The van der Waals surface area contributed by atoms with Crippen molar-refractivity contribution in [2.24, 2.45) is 0 Å². The van der Waals surface area contributed by atoms with Crippen LogP contribution < -0.4 is 4.74 Å². The number of aromatic nitrogens is 1. The molecule has 1 aliphatic rings. The van der Waals surface area contributed by atoms with Crippen LogP contribution in [0.5, 0.6) is 5.75 Å². The van der Waals surface area contributed by atoms with Gasteiger partial charge in [0.2, 0.25) is 0 Å². The van der Waals surface area contributed by atoms with Gasteiger partial charge in [-0.2, -0.15) is 0 Å². The normalized spacial score (nSPS) is 16.5. The van der Waals surface area contributed by atoms with Gasteiger partial charge in [0.05, 0.1) is 12.3 Å². The molecule has 1 saturated carbocycles. The molecule has 0 aromatic carbocycles. The molecule has 0 spiro atoms. The SMILES string of the molecule is Cc1ncc(OC2CC2)cc1C(C)(C)C. The van der Waals surface area contributed by atoms with Crippen LogP contribution >= 0.6 is 0 Å². The van der Waals surface area contributed by atoms with Crippen LogP contribution in [0.1, 0.15) is 44.9 Å². The summed E-state index contributed by atoms with van der Waals surface area (Å²) in [6.45, 7) is 8.68. The van der Waals surface area contributed by atoms with Crippen molar-refractivity contribution in [1.29, 1.82) is 0 Å². The molecule has 0 amide bonds. The zero-order valence-corrected chi connectivity index (χ0v) is 10.0. The fraction of sp³-hybridized carbons (Fsp3) is 0.615. The average molecular weight is 205 g/mol. The van der Waals surface area contributed by atoms with E-state index in [1.165, 1.54) is 18.4 Å². The summed E-state index contributed by atoms with van der Waals surface area (Å²) in [6, 6.07) is 2.14. The number of aryl methyl sites for hydroxylation is 1. The van der Waals surface area contributed by atoms with Crippen LogP contribution in [0.25, 0.3) is 0 Å². The van der Waals surface area contributed by atoms with Gasteiger partial charge in [-0.1, -0.05) is 20.8 Å². The van der Waals surface area contributed by atoms with Crippen molar-refractivity contribution in [2.45, 2.75) is 52.1 Å². The standard InChI is InChI=1S/C13H19NO/c1-9-12(13(2,3)4)7-11(8-14-9)15-10-5-6-10/h7-8,10H,5-6H2,1-4H3. The lowest BCUT2D eigenvalue weighted by Crippen LogP contribution is -2.14. The quantitative estimate of drug-likeness (QED) is 0.739. The number of hydrogen-bond donors (Lipinski definition) is 0. The molecule has 2 nitrogen and oxygen atoms in total. The zero-order chi connectivity index (χ0) is 11.1. The Morgan fingerprint density at radius 2 is 2.00 bits per heavy atom. The first-order valence-corrected chi connectivity index (χ1v) is 5.60. The minimum Gasteiger partial charge on any atom is -0.489 e. The van der Waals surface area contributed by atoms with Crippen molar-refractivity contribution >= 4 is 0 Å². The first kappa shape index (κ1) is 10.5. The molecule has 1 aliphatic carbocycles. The van der Waals surface area contributed by atoms with Gasteiger partial charge in [0, 0.05) is 5.69 Å². The van der Waals surface area contributed by atoms with Crippen molar-refractivity contribution in [3.63, 3.8) is 0 Å². The molecule has 0 N–H and O–H groups in total. The second-order valence-electron chi connectivity index (χ2n) is 5.37. The van der Waals surface area contributed by atoms with Gasteiger partial charge in [-0.15, -0.1) is 0 Å². The second-order valence-corrected chi connectivity index (χ2v) is 5.37. The fourth-order valence-corrected chi connectivity index (χ4v) is 1.72. The average Bonchev–Trinajstić information content (AvgIpc) is 2.90. The van der Waals surface area contributed by atoms with E-state index in [1.54, 1.807) is 0 Å². The van der Waals surface area contributed by atoms with Crippen LogP contribution in [0.2, 0.25) is 0 Å². The Bertz CT molecular complexity index is 361. The molecular formula is C13H19NO. The van der Waals surface area contributed by atoms with E-state index in [2.05, 4.69) is 38.7 Å². The molecule has 2 heteroatoms. The summed E-state index contributed by atoms with van der Waals surface area (Å²) in [5.74, 6) is 0.924. The molecule has 0 bridgehead atoms. The molecule has 1 aromatic heterocycles. The first-order valence-electron chi connectivity index (χ1n) is 5.60. The fourth-order valence-electron chi connectivity index (χ4n) is 1.72. The van der Waals surface area contributed by atoms with Crippen molar-refractivity contribution < 1.29 is 4.74 Å². The van der Waals surface area contributed by atoms with Crippen LogP contribution in [0.15, 0.2) is 12.3 Å². The van der Waals surface area contributed by atoms with Crippen LogP contribution in [0.4, 0.5) is 0 Å². The van der Waals surface area contributed by atoms with Crippen LogP contribution in [0, 0.1) is 6.92 Å². The van der Waals surface area contributed by atoms with Crippen molar-refractivity contribution in [2.75, 3.05) is 0 Å². The van der Waals surface area contributed by atoms with E-state index in [-0.39, 0.29) is 5.41 Å². The highest BCUT2D eigenvalue weighted by Gasteiger charge is 2.25. The smallest absolute Gasteiger partial charge is 0.138 e. The molecular weight excluding hydrogens is 186 g/mol. The second kappa shape index (κ2) is 3.51. The van der Waals surface area contributed by atoms with E-state index in [0.717, 1.165) is 11.4 Å². The highest BCUT2D eigenvalue weighted by atomic mass is 16.5. The van der Waals surface area contributed by atoms with Gasteiger partial charge >= 0.3 is 0 Å². The minimum absolute atomic E-state index is 0.139. The highest BCUT2D eigenvalue weighted by molar-refractivity contribution is 5.33. The number of pyridine rings is 1. The van der Waals surface area contributed by atoms with E-state index in [4.69, 9.17) is 4.74 Å². The van der Waals surface area contributed by atoms with Crippen molar-refractivity contribution in [3.8, 4) is 5.75 Å². The molecule has 1 fully saturated rings. The van der Waals surface area contributed by atoms with E-state index in [1.807, 2.05) is 6.20 Å². The number of hydrogen-bond acceptors (Lipinski definition) is 2. The van der Waals surface area contributed by atoms with Gasteiger partial charge in [-0.05, 0) is 36.8 Å². The molecule has 0 atom stereocenters. The molecule has 1 aromatic rings. The van der Waals surface area contributed by atoms with Gasteiger partial charge in [0.25, 0.3) is 0 Å². The van der Waals surface area contributed by atoms with Gasteiger partial charge in [0.15, 0.2) is 0 Å². The molecule has 15 heavy (non-hydrogen) atoms.